The van der Waals surface area contributed by atoms with Gasteiger partial charge in [0.05, 0.1) is 26.4 Å². The van der Waals surface area contributed by atoms with Crippen molar-refractivity contribution in [1.29, 1.82) is 0 Å². The molecule has 1 aliphatic rings. The molecule has 0 radical (unpaired) electrons. The van der Waals surface area contributed by atoms with E-state index in [0.29, 0.717) is 31.7 Å². The van der Waals surface area contributed by atoms with Crippen molar-refractivity contribution in [2.75, 3.05) is 24.9 Å². The Morgan fingerprint density at radius 1 is 1.12 bits per heavy atom. The van der Waals surface area contributed by atoms with Crippen LogP contribution in [-0.2, 0) is 10.0 Å². The molecule has 1 unspecified atom stereocenters. The molecule has 0 saturated carbocycles. The third-order valence-electron chi connectivity index (χ3n) is 5.04. The number of likely N-dealkylation sites (tertiary alicyclic amines) is 1. The van der Waals surface area contributed by atoms with Crippen LogP contribution in [0.4, 0.5) is 5.69 Å². The molecule has 0 amide bonds. The Labute approximate surface area is 221 Å². The van der Waals surface area contributed by atoms with Gasteiger partial charge in [-0.25, -0.2) is 13.4 Å². The Morgan fingerprint density at radius 3 is 2.62 bits per heavy atom. The van der Waals surface area contributed by atoms with Crippen molar-refractivity contribution in [1.82, 2.24) is 9.88 Å². The molecule has 2 aromatic carbocycles. The van der Waals surface area contributed by atoms with Crippen LogP contribution < -0.4 is 14.2 Å². The van der Waals surface area contributed by atoms with Gasteiger partial charge >= 0.3 is 0 Å². The van der Waals surface area contributed by atoms with Crippen molar-refractivity contribution in [3.63, 3.8) is 0 Å². The number of hydrogen-bond acceptors (Lipinski definition) is 6. The van der Waals surface area contributed by atoms with E-state index in [1.807, 2.05) is 7.05 Å². The summed E-state index contributed by atoms with van der Waals surface area (Å²) in [5.41, 5.74) is 0.313. The van der Waals surface area contributed by atoms with Gasteiger partial charge in [-0.15, -0.1) is 0 Å². The number of anilines is 1. The van der Waals surface area contributed by atoms with E-state index in [2.05, 4.69) is 30.5 Å². The van der Waals surface area contributed by atoms with Gasteiger partial charge in [0.2, 0.25) is 5.88 Å². The van der Waals surface area contributed by atoms with E-state index in [1.165, 1.54) is 12.3 Å². The van der Waals surface area contributed by atoms with Crippen LogP contribution in [0.3, 0.4) is 0 Å². The second kappa shape index (κ2) is 10.5. The number of hydrogen-bond donors (Lipinski definition) is 1. The number of pyridine rings is 1. The largest absolute Gasteiger partial charge is 0.487 e. The van der Waals surface area contributed by atoms with Crippen molar-refractivity contribution in [2.24, 2.45) is 0 Å². The quantitative estimate of drug-likeness (QED) is 0.331. The molecule has 1 N–H and O–H groups in total. The van der Waals surface area contributed by atoms with Gasteiger partial charge in [0.15, 0.2) is 0 Å². The molecular formula is C22H19BrCl3N3O4S. The molecule has 34 heavy (non-hydrogen) atoms. The van der Waals surface area contributed by atoms with Crippen molar-refractivity contribution in [2.45, 2.75) is 17.4 Å². The molecule has 0 aliphatic carbocycles. The summed E-state index contributed by atoms with van der Waals surface area (Å²) in [7, 11) is -1.94. The lowest BCUT2D eigenvalue weighted by Gasteiger charge is -2.16. The van der Waals surface area contributed by atoms with Crippen molar-refractivity contribution < 1.29 is 17.9 Å². The summed E-state index contributed by atoms with van der Waals surface area (Å²) >= 11 is 21.7. The first-order valence-corrected chi connectivity index (χ1v) is 13.5. The number of nitrogens with zero attached hydrogens (tertiary/aromatic N) is 2. The minimum Gasteiger partial charge on any atom is -0.487 e. The lowest BCUT2D eigenvalue weighted by Crippen LogP contribution is -2.21. The average molecular weight is 608 g/mol. The monoisotopic (exact) mass is 605 g/mol. The van der Waals surface area contributed by atoms with Gasteiger partial charge in [0.1, 0.15) is 27.5 Å². The minimum atomic E-state index is -3.96. The smallest absolute Gasteiger partial charge is 0.263 e. The fourth-order valence-electron chi connectivity index (χ4n) is 3.34. The third-order valence-corrected chi connectivity index (χ3v) is 8.07. The topological polar surface area (TPSA) is 80.8 Å². The number of halogens is 4. The SMILES string of the molecule is CN1CCC(Oc2cc(NS(=O)(=O)c3cnc(Oc4cccc(Cl)c4Cl)c(Br)c3)ccc2Cl)C1. The first-order chi connectivity index (χ1) is 16.1. The highest BCUT2D eigenvalue weighted by Crippen LogP contribution is 2.37. The van der Waals surface area contributed by atoms with Crippen LogP contribution in [0.1, 0.15) is 6.42 Å². The molecular weight excluding hydrogens is 589 g/mol. The van der Waals surface area contributed by atoms with Gasteiger partial charge in [0.25, 0.3) is 10.0 Å². The molecule has 0 bridgehead atoms. The van der Waals surface area contributed by atoms with Gasteiger partial charge in [-0.2, -0.15) is 0 Å². The molecule has 180 valence electrons. The van der Waals surface area contributed by atoms with Gasteiger partial charge in [-0.05, 0) is 59.7 Å². The zero-order valence-electron chi connectivity index (χ0n) is 17.8. The summed E-state index contributed by atoms with van der Waals surface area (Å²) in [6, 6.07) is 11.0. The lowest BCUT2D eigenvalue weighted by molar-refractivity contribution is 0.208. The fraction of sp³-hybridized carbons (Fsp3) is 0.227. The summed E-state index contributed by atoms with van der Waals surface area (Å²) in [4.78, 5) is 6.20. The highest BCUT2D eigenvalue weighted by atomic mass is 79.9. The van der Waals surface area contributed by atoms with Gasteiger partial charge in [-0.3, -0.25) is 4.72 Å². The molecule has 2 heterocycles. The molecule has 1 atom stereocenters. The van der Waals surface area contributed by atoms with E-state index in [9.17, 15) is 8.42 Å². The summed E-state index contributed by atoms with van der Waals surface area (Å²) in [6.45, 7) is 1.71. The van der Waals surface area contributed by atoms with Crippen LogP contribution in [0.2, 0.25) is 15.1 Å². The maximum atomic E-state index is 13.0. The van der Waals surface area contributed by atoms with Crippen LogP contribution >= 0.6 is 50.7 Å². The van der Waals surface area contributed by atoms with Crippen LogP contribution in [0.5, 0.6) is 17.4 Å². The Bertz CT molecular complexity index is 1330. The number of aromatic nitrogens is 1. The number of benzene rings is 2. The predicted molar refractivity (Wildman–Crippen MR) is 137 cm³/mol. The zero-order valence-corrected chi connectivity index (χ0v) is 22.4. The summed E-state index contributed by atoms with van der Waals surface area (Å²) in [5, 5.41) is 0.953. The van der Waals surface area contributed by atoms with E-state index in [4.69, 9.17) is 44.3 Å². The summed E-state index contributed by atoms with van der Waals surface area (Å²) < 4.78 is 40.5. The molecule has 1 aromatic heterocycles. The number of likely N-dealkylation sites (N-methyl/N-ethyl adjacent to an activating group) is 1. The van der Waals surface area contributed by atoms with E-state index in [0.717, 1.165) is 19.5 Å². The molecule has 0 spiro atoms. The minimum absolute atomic E-state index is 0.00458. The van der Waals surface area contributed by atoms with Gasteiger partial charge in [0, 0.05) is 19.2 Å². The Hall–Kier alpha value is -1.75. The van der Waals surface area contributed by atoms with Crippen LogP contribution in [-0.4, -0.2) is 44.5 Å². The first kappa shape index (κ1) is 25.3. The third kappa shape index (κ3) is 5.90. The number of ether oxygens (including phenoxy) is 2. The molecule has 3 aromatic rings. The molecule has 4 rings (SSSR count). The molecule has 12 heteroatoms. The summed E-state index contributed by atoms with van der Waals surface area (Å²) in [6.07, 6.45) is 2.05. The zero-order chi connectivity index (χ0) is 24.5. The van der Waals surface area contributed by atoms with Gasteiger partial charge < -0.3 is 14.4 Å². The normalized spacial score (nSPS) is 16.4. The number of rotatable bonds is 7. The molecule has 1 fully saturated rings. The maximum absolute atomic E-state index is 13.0. The standard InChI is InChI=1S/C22H19BrCl3N3O4S/c1-29-8-7-14(12-29)32-20-9-13(5-6-17(20)24)28-34(30,31)15-10-16(23)22(27-11-15)33-19-4-2-3-18(25)21(19)26/h2-6,9-11,14,28H,7-8,12H2,1H3. The second-order valence-electron chi connectivity index (χ2n) is 7.65. The highest BCUT2D eigenvalue weighted by molar-refractivity contribution is 9.10. The number of sulfonamides is 1. The molecule has 1 saturated heterocycles. The van der Waals surface area contributed by atoms with E-state index in [1.54, 1.807) is 36.4 Å². The Kier molecular flexibility index (Phi) is 7.81. The lowest BCUT2D eigenvalue weighted by atomic mass is 10.3. The Morgan fingerprint density at radius 2 is 1.91 bits per heavy atom. The highest BCUT2D eigenvalue weighted by Gasteiger charge is 2.23. The predicted octanol–water partition coefficient (Wildman–Crippen LogP) is 6.48. The van der Waals surface area contributed by atoms with Crippen LogP contribution in [0.25, 0.3) is 0 Å². The maximum Gasteiger partial charge on any atom is 0.263 e. The van der Waals surface area contributed by atoms with Crippen molar-refractivity contribution >= 4 is 66.4 Å². The first-order valence-electron chi connectivity index (χ1n) is 10.1. The second-order valence-corrected chi connectivity index (χ2v) is 11.4. The van der Waals surface area contributed by atoms with E-state index in [-0.39, 0.29) is 21.9 Å². The van der Waals surface area contributed by atoms with E-state index >= 15 is 0 Å². The average Bonchev–Trinajstić information content (AvgIpc) is 3.19. The molecule has 7 nitrogen and oxygen atoms in total. The van der Waals surface area contributed by atoms with E-state index < -0.39 is 10.0 Å². The van der Waals surface area contributed by atoms with Crippen molar-refractivity contribution in [3.05, 3.63) is 68.2 Å². The summed E-state index contributed by atoms with van der Waals surface area (Å²) in [5.74, 6) is 0.841. The van der Waals surface area contributed by atoms with Crippen LogP contribution in [0.15, 0.2) is 58.0 Å². The fourth-order valence-corrected chi connectivity index (χ4v) is 5.43. The van der Waals surface area contributed by atoms with Crippen LogP contribution in [0, 0.1) is 0 Å². The van der Waals surface area contributed by atoms with Gasteiger partial charge in [-0.1, -0.05) is 40.9 Å². The number of nitrogens with one attached hydrogen (secondary N) is 1. The Balaban J connectivity index is 1.51. The molecule has 1 aliphatic heterocycles. The van der Waals surface area contributed by atoms with Crippen molar-refractivity contribution in [3.8, 4) is 17.4 Å².